The second kappa shape index (κ2) is 8.10. The average Bonchev–Trinajstić information content (AvgIpc) is 2.89. The van der Waals surface area contributed by atoms with Crippen molar-refractivity contribution in [2.24, 2.45) is 5.92 Å². The van der Waals surface area contributed by atoms with E-state index >= 15 is 0 Å². The summed E-state index contributed by atoms with van der Waals surface area (Å²) in [7, 11) is 0. The average molecular weight is 255 g/mol. The molecule has 106 valence electrons. The monoisotopic (exact) mass is 255 g/mol. The number of morpholine rings is 1. The zero-order valence-corrected chi connectivity index (χ0v) is 11.9. The maximum atomic E-state index is 5.35. The SMILES string of the molecule is CC(CNCCN1CCOCC1)CN1CCCC1. The zero-order valence-electron chi connectivity index (χ0n) is 11.9. The van der Waals surface area contributed by atoms with Crippen molar-refractivity contribution < 1.29 is 4.74 Å². The highest BCUT2D eigenvalue weighted by atomic mass is 16.5. The molecular formula is C14H29N3O. The molecule has 2 aliphatic rings. The van der Waals surface area contributed by atoms with E-state index < -0.39 is 0 Å². The van der Waals surface area contributed by atoms with Gasteiger partial charge in [0.25, 0.3) is 0 Å². The molecule has 0 aromatic rings. The van der Waals surface area contributed by atoms with Crippen LogP contribution in [-0.4, -0.2) is 75.4 Å². The molecule has 1 unspecified atom stereocenters. The Hall–Kier alpha value is -0.160. The van der Waals surface area contributed by atoms with E-state index in [2.05, 4.69) is 22.0 Å². The van der Waals surface area contributed by atoms with Crippen molar-refractivity contribution in [3.8, 4) is 0 Å². The zero-order chi connectivity index (χ0) is 12.6. The van der Waals surface area contributed by atoms with Crippen molar-refractivity contribution in [2.45, 2.75) is 19.8 Å². The van der Waals surface area contributed by atoms with Gasteiger partial charge in [0.05, 0.1) is 13.2 Å². The summed E-state index contributed by atoms with van der Waals surface area (Å²) in [5, 5.41) is 3.60. The highest BCUT2D eigenvalue weighted by molar-refractivity contribution is 4.70. The molecule has 1 atom stereocenters. The minimum atomic E-state index is 0.771. The lowest BCUT2D eigenvalue weighted by atomic mass is 10.1. The Kier molecular flexibility index (Phi) is 6.41. The van der Waals surface area contributed by atoms with Gasteiger partial charge in [-0.2, -0.15) is 0 Å². The summed E-state index contributed by atoms with van der Waals surface area (Å²) in [6.45, 7) is 13.7. The highest BCUT2D eigenvalue weighted by Crippen LogP contribution is 2.09. The highest BCUT2D eigenvalue weighted by Gasteiger charge is 2.14. The Labute approximate surface area is 112 Å². The van der Waals surface area contributed by atoms with Crippen LogP contribution in [0, 0.1) is 5.92 Å². The Morgan fingerprint density at radius 3 is 2.50 bits per heavy atom. The topological polar surface area (TPSA) is 27.7 Å². The molecule has 0 amide bonds. The van der Waals surface area contributed by atoms with Crippen LogP contribution in [0.1, 0.15) is 19.8 Å². The lowest BCUT2D eigenvalue weighted by molar-refractivity contribution is 0.0383. The number of hydrogen-bond acceptors (Lipinski definition) is 4. The number of likely N-dealkylation sites (tertiary alicyclic amines) is 1. The minimum absolute atomic E-state index is 0.771. The van der Waals surface area contributed by atoms with Crippen LogP contribution in [0.15, 0.2) is 0 Å². The molecule has 0 saturated carbocycles. The van der Waals surface area contributed by atoms with Crippen molar-refractivity contribution in [3.05, 3.63) is 0 Å². The van der Waals surface area contributed by atoms with Crippen LogP contribution in [0.4, 0.5) is 0 Å². The molecule has 1 N–H and O–H groups in total. The fourth-order valence-corrected chi connectivity index (χ4v) is 2.88. The van der Waals surface area contributed by atoms with Gasteiger partial charge in [0, 0.05) is 32.7 Å². The molecule has 0 bridgehead atoms. The van der Waals surface area contributed by atoms with Crippen molar-refractivity contribution in [1.29, 1.82) is 0 Å². The van der Waals surface area contributed by atoms with Gasteiger partial charge >= 0.3 is 0 Å². The number of rotatable bonds is 7. The molecule has 2 heterocycles. The third kappa shape index (κ3) is 5.22. The number of nitrogens with zero attached hydrogens (tertiary/aromatic N) is 2. The van der Waals surface area contributed by atoms with Gasteiger partial charge in [0.2, 0.25) is 0 Å². The molecule has 0 radical (unpaired) electrons. The van der Waals surface area contributed by atoms with Gasteiger partial charge in [0.15, 0.2) is 0 Å². The molecule has 0 aromatic heterocycles. The summed E-state index contributed by atoms with van der Waals surface area (Å²) in [6, 6.07) is 0. The normalized spacial score (nSPS) is 24.5. The maximum Gasteiger partial charge on any atom is 0.0594 e. The lowest BCUT2D eigenvalue weighted by Gasteiger charge is -2.27. The first-order valence-corrected chi connectivity index (χ1v) is 7.58. The quantitative estimate of drug-likeness (QED) is 0.676. The van der Waals surface area contributed by atoms with E-state index in [0.29, 0.717) is 0 Å². The van der Waals surface area contributed by atoms with E-state index in [0.717, 1.165) is 45.3 Å². The van der Waals surface area contributed by atoms with Crippen molar-refractivity contribution in [2.75, 3.05) is 65.6 Å². The fourth-order valence-electron chi connectivity index (χ4n) is 2.88. The summed E-state index contributed by atoms with van der Waals surface area (Å²) < 4.78 is 5.35. The molecule has 2 fully saturated rings. The van der Waals surface area contributed by atoms with Gasteiger partial charge < -0.3 is 15.0 Å². The second-order valence-electron chi connectivity index (χ2n) is 5.77. The first-order chi connectivity index (χ1) is 8.84. The van der Waals surface area contributed by atoms with Crippen LogP contribution >= 0.6 is 0 Å². The van der Waals surface area contributed by atoms with Gasteiger partial charge in [-0.3, -0.25) is 4.90 Å². The minimum Gasteiger partial charge on any atom is -0.379 e. The van der Waals surface area contributed by atoms with Crippen LogP contribution in [0.5, 0.6) is 0 Å². The van der Waals surface area contributed by atoms with Crippen LogP contribution < -0.4 is 5.32 Å². The van der Waals surface area contributed by atoms with Gasteiger partial charge in [-0.25, -0.2) is 0 Å². The number of hydrogen-bond donors (Lipinski definition) is 1. The predicted octanol–water partition coefficient (Wildman–Crippen LogP) is 0.640. The Morgan fingerprint density at radius 1 is 1.06 bits per heavy atom. The molecule has 0 aliphatic carbocycles. The molecular weight excluding hydrogens is 226 g/mol. The van der Waals surface area contributed by atoms with Gasteiger partial charge in [-0.05, 0) is 38.4 Å². The van der Waals surface area contributed by atoms with E-state index in [-0.39, 0.29) is 0 Å². The molecule has 0 aromatic carbocycles. The summed E-state index contributed by atoms with van der Waals surface area (Å²) in [4.78, 5) is 5.09. The maximum absolute atomic E-state index is 5.35. The van der Waals surface area contributed by atoms with E-state index in [1.807, 2.05) is 0 Å². The first kappa shape index (κ1) is 14.3. The molecule has 2 saturated heterocycles. The van der Waals surface area contributed by atoms with E-state index in [4.69, 9.17) is 4.74 Å². The molecule has 0 spiro atoms. The molecule has 4 nitrogen and oxygen atoms in total. The molecule has 4 heteroatoms. The standard InChI is InChI=1S/C14H29N3O/c1-14(13-17-5-2-3-6-17)12-15-4-7-16-8-10-18-11-9-16/h14-15H,2-13H2,1H3. The molecule has 2 rings (SSSR count). The third-order valence-electron chi connectivity index (χ3n) is 3.97. The first-order valence-electron chi connectivity index (χ1n) is 7.58. The van der Waals surface area contributed by atoms with E-state index in [9.17, 15) is 0 Å². The van der Waals surface area contributed by atoms with Crippen molar-refractivity contribution >= 4 is 0 Å². The fraction of sp³-hybridized carbons (Fsp3) is 1.00. The van der Waals surface area contributed by atoms with Crippen LogP contribution in [0.25, 0.3) is 0 Å². The van der Waals surface area contributed by atoms with Gasteiger partial charge in [-0.15, -0.1) is 0 Å². The Bertz CT molecular complexity index is 213. The largest absolute Gasteiger partial charge is 0.379 e. The second-order valence-corrected chi connectivity index (χ2v) is 5.77. The summed E-state index contributed by atoms with van der Waals surface area (Å²) in [5.41, 5.74) is 0. The molecule has 18 heavy (non-hydrogen) atoms. The summed E-state index contributed by atoms with van der Waals surface area (Å²) in [5.74, 6) is 0.771. The van der Waals surface area contributed by atoms with Gasteiger partial charge in [0.1, 0.15) is 0 Å². The number of ether oxygens (including phenoxy) is 1. The van der Waals surface area contributed by atoms with E-state index in [1.165, 1.54) is 39.0 Å². The van der Waals surface area contributed by atoms with Crippen LogP contribution in [-0.2, 0) is 4.74 Å². The van der Waals surface area contributed by atoms with Crippen LogP contribution in [0.2, 0.25) is 0 Å². The third-order valence-corrected chi connectivity index (χ3v) is 3.97. The Morgan fingerprint density at radius 2 is 1.78 bits per heavy atom. The van der Waals surface area contributed by atoms with E-state index in [1.54, 1.807) is 0 Å². The van der Waals surface area contributed by atoms with Crippen LogP contribution in [0.3, 0.4) is 0 Å². The predicted molar refractivity (Wildman–Crippen MR) is 75.0 cm³/mol. The van der Waals surface area contributed by atoms with Gasteiger partial charge in [-0.1, -0.05) is 6.92 Å². The Balaban J connectivity index is 1.46. The number of nitrogens with one attached hydrogen (secondary N) is 1. The van der Waals surface area contributed by atoms with Crippen molar-refractivity contribution in [3.63, 3.8) is 0 Å². The molecule has 2 aliphatic heterocycles. The lowest BCUT2D eigenvalue weighted by Crippen LogP contribution is -2.41. The summed E-state index contributed by atoms with van der Waals surface area (Å²) in [6.07, 6.45) is 2.80. The smallest absolute Gasteiger partial charge is 0.0594 e. The summed E-state index contributed by atoms with van der Waals surface area (Å²) >= 11 is 0. The van der Waals surface area contributed by atoms with Crippen molar-refractivity contribution in [1.82, 2.24) is 15.1 Å².